The summed E-state index contributed by atoms with van der Waals surface area (Å²) in [4.78, 5) is 10.8. The molecule has 1 aliphatic heterocycles. The molecule has 1 unspecified atom stereocenters. The summed E-state index contributed by atoms with van der Waals surface area (Å²) in [6.45, 7) is 0.392. The van der Waals surface area contributed by atoms with Crippen LogP contribution in [0.5, 0.6) is 0 Å². The maximum atomic E-state index is 13.0. The Hall–Kier alpha value is -0.940. The van der Waals surface area contributed by atoms with Crippen LogP contribution in [-0.2, 0) is 17.8 Å². The Labute approximate surface area is 94.4 Å². The Morgan fingerprint density at radius 2 is 2.33 bits per heavy atom. The van der Waals surface area contributed by atoms with Crippen molar-refractivity contribution >= 4 is 21.9 Å². The standard InChI is InChI=1S/C10H9BrFNO2/c11-8-2-6(12)1-5-4-13-9(10(14)15)3-7(5)8/h1-2,9,13H,3-4H2,(H,14,15). The van der Waals surface area contributed by atoms with Gasteiger partial charge in [-0.15, -0.1) is 0 Å². The Bertz CT molecular complexity index is 422. The van der Waals surface area contributed by atoms with Gasteiger partial charge in [-0.25, -0.2) is 4.39 Å². The SMILES string of the molecule is O=C(O)C1Cc2c(Br)cc(F)cc2CN1. The number of fused-ring (bicyclic) bond motifs is 1. The molecular formula is C10H9BrFNO2. The minimum Gasteiger partial charge on any atom is -0.480 e. The van der Waals surface area contributed by atoms with Gasteiger partial charge in [0.05, 0.1) is 0 Å². The molecule has 0 spiro atoms. The largest absolute Gasteiger partial charge is 0.480 e. The third-order valence-electron chi connectivity index (χ3n) is 2.50. The second-order valence-corrected chi connectivity index (χ2v) is 4.36. The summed E-state index contributed by atoms with van der Waals surface area (Å²) >= 11 is 3.25. The van der Waals surface area contributed by atoms with Crippen molar-refractivity contribution in [3.05, 3.63) is 33.5 Å². The predicted molar refractivity (Wildman–Crippen MR) is 56.1 cm³/mol. The summed E-state index contributed by atoms with van der Waals surface area (Å²) in [7, 11) is 0. The highest BCUT2D eigenvalue weighted by Gasteiger charge is 2.25. The van der Waals surface area contributed by atoms with Gasteiger partial charge in [0.1, 0.15) is 11.9 Å². The van der Waals surface area contributed by atoms with E-state index < -0.39 is 12.0 Å². The van der Waals surface area contributed by atoms with Crippen molar-refractivity contribution in [2.24, 2.45) is 0 Å². The summed E-state index contributed by atoms with van der Waals surface area (Å²) in [6, 6.07) is 2.22. The smallest absolute Gasteiger partial charge is 0.321 e. The molecule has 80 valence electrons. The van der Waals surface area contributed by atoms with Gasteiger partial charge >= 0.3 is 5.97 Å². The van der Waals surface area contributed by atoms with Gasteiger partial charge in [-0.1, -0.05) is 15.9 Å². The predicted octanol–water partition coefficient (Wildman–Crippen LogP) is 1.69. The number of carboxylic acids is 1. The molecule has 3 nitrogen and oxygen atoms in total. The summed E-state index contributed by atoms with van der Waals surface area (Å²) < 4.78 is 13.7. The first kappa shape index (κ1) is 10.6. The van der Waals surface area contributed by atoms with E-state index in [9.17, 15) is 9.18 Å². The van der Waals surface area contributed by atoms with Crippen LogP contribution in [0.25, 0.3) is 0 Å². The molecule has 0 radical (unpaired) electrons. The van der Waals surface area contributed by atoms with E-state index in [4.69, 9.17) is 5.11 Å². The fourth-order valence-corrected chi connectivity index (χ4v) is 2.36. The van der Waals surface area contributed by atoms with E-state index in [1.165, 1.54) is 12.1 Å². The van der Waals surface area contributed by atoms with Crippen LogP contribution in [0.3, 0.4) is 0 Å². The highest BCUT2D eigenvalue weighted by atomic mass is 79.9. The Morgan fingerprint density at radius 1 is 1.60 bits per heavy atom. The second kappa shape index (κ2) is 3.90. The monoisotopic (exact) mass is 273 g/mol. The zero-order chi connectivity index (χ0) is 11.0. The quantitative estimate of drug-likeness (QED) is 0.819. The van der Waals surface area contributed by atoms with Gasteiger partial charge in [0.15, 0.2) is 0 Å². The van der Waals surface area contributed by atoms with Gasteiger partial charge in [0.2, 0.25) is 0 Å². The van der Waals surface area contributed by atoms with E-state index in [-0.39, 0.29) is 5.82 Å². The Morgan fingerprint density at radius 3 is 3.00 bits per heavy atom. The number of aliphatic carboxylic acids is 1. The van der Waals surface area contributed by atoms with Crippen molar-refractivity contribution in [1.29, 1.82) is 0 Å². The molecule has 0 amide bonds. The number of hydrogen-bond donors (Lipinski definition) is 2. The molecule has 1 aromatic carbocycles. The molecule has 0 saturated heterocycles. The van der Waals surface area contributed by atoms with Crippen LogP contribution in [0.1, 0.15) is 11.1 Å². The Balaban J connectivity index is 2.37. The van der Waals surface area contributed by atoms with Gasteiger partial charge in [-0.3, -0.25) is 4.79 Å². The van der Waals surface area contributed by atoms with E-state index in [0.29, 0.717) is 17.4 Å². The Kier molecular flexibility index (Phi) is 2.75. The molecule has 1 aromatic rings. The molecule has 0 aliphatic carbocycles. The molecule has 0 aromatic heterocycles. The van der Waals surface area contributed by atoms with E-state index >= 15 is 0 Å². The number of rotatable bonds is 1. The van der Waals surface area contributed by atoms with Gasteiger partial charge in [-0.05, 0) is 29.7 Å². The first-order valence-electron chi connectivity index (χ1n) is 4.51. The van der Waals surface area contributed by atoms with Gasteiger partial charge in [0.25, 0.3) is 0 Å². The van der Waals surface area contributed by atoms with E-state index in [1.54, 1.807) is 0 Å². The van der Waals surface area contributed by atoms with Crippen LogP contribution in [-0.4, -0.2) is 17.1 Å². The minimum atomic E-state index is -0.878. The number of halogens is 2. The molecule has 1 heterocycles. The van der Waals surface area contributed by atoms with E-state index in [0.717, 1.165) is 11.1 Å². The van der Waals surface area contributed by atoms with Crippen molar-refractivity contribution in [3.8, 4) is 0 Å². The van der Waals surface area contributed by atoms with Crippen LogP contribution in [0, 0.1) is 5.82 Å². The fourth-order valence-electron chi connectivity index (χ4n) is 1.73. The highest BCUT2D eigenvalue weighted by Crippen LogP contribution is 2.26. The highest BCUT2D eigenvalue weighted by molar-refractivity contribution is 9.10. The van der Waals surface area contributed by atoms with Crippen molar-refractivity contribution in [3.63, 3.8) is 0 Å². The molecule has 0 bridgehead atoms. The summed E-state index contributed by atoms with van der Waals surface area (Å²) in [5.74, 6) is -1.19. The van der Waals surface area contributed by atoms with E-state index in [1.807, 2.05) is 0 Å². The zero-order valence-corrected chi connectivity index (χ0v) is 9.34. The third kappa shape index (κ3) is 2.03. The number of nitrogens with one attached hydrogen (secondary N) is 1. The normalized spacial score (nSPS) is 19.7. The van der Waals surface area contributed by atoms with Crippen LogP contribution < -0.4 is 5.32 Å². The first-order valence-corrected chi connectivity index (χ1v) is 5.30. The lowest BCUT2D eigenvalue weighted by Gasteiger charge is -2.24. The second-order valence-electron chi connectivity index (χ2n) is 3.50. The molecule has 2 rings (SSSR count). The molecule has 1 aliphatic rings. The fraction of sp³-hybridized carbons (Fsp3) is 0.300. The van der Waals surface area contributed by atoms with Crippen molar-refractivity contribution in [1.82, 2.24) is 5.32 Å². The molecular weight excluding hydrogens is 265 g/mol. The van der Waals surface area contributed by atoms with Crippen molar-refractivity contribution in [2.45, 2.75) is 19.0 Å². The van der Waals surface area contributed by atoms with Gasteiger partial charge < -0.3 is 10.4 Å². The zero-order valence-electron chi connectivity index (χ0n) is 7.76. The molecule has 5 heteroatoms. The number of carboxylic acid groups (broad SMARTS) is 1. The van der Waals surface area contributed by atoms with Crippen LogP contribution in [0.15, 0.2) is 16.6 Å². The first-order chi connectivity index (χ1) is 7.08. The molecule has 0 fully saturated rings. The van der Waals surface area contributed by atoms with Crippen LogP contribution in [0.4, 0.5) is 4.39 Å². The molecule has 15 heavy (non-hydrogen) atoms. The summed E-state index contributed by atoms with van der Waals surface area (Å²) in [5, 5.41) is 11.7. The minimum absolute atomic E-state index is 0.309. The lowest BCUT2D eigenvalue weighted by molar-refractivity contribution is -0.139. The number of hydrogen-bond acceptors (Lipinski definition) is 2. The lowest BCUT2D eigenvalue weighted by atomic mass is 9.96. The van der Waals surface area contributed by atoms with Crippen molar-refractivity contribution < 1.29 is 14.3 Å². The average Bonchev–Trinajstić information content (AvgIpc) is 2.16. The van der Waals surface area contributed by atoms with Gasteiger partial charge in [-0.2, -0.15) is 0 Å². The maximum absolute atomic E-state index is 13.0. The van der Waals surface area contributed by atoms with Crippen molar-refractivity contribution in [2.75, 3.05) is 0 Å². The molecule has 2 N–H and O–H groups in total. The third-order valence-corrected chi connectivity index (χ3v) is 3.21. The van der Waals surface area contributed by atoms with Crippen LogP contribution >= 0.6 is 15.9 Å². The maximum Gasteiger partial charge on any atom is 0.321 e. The topological polar surface area (TPSA) is 49.3 Å². The number of carbonyl (C=O) groups is 1. The van der Waals surface area contributed by atoms with E-state index in [2.05, 4.69) is 21.2 Å². The number of benzene rings is 1. The lowest BCUT2D eigenvalue weighted by Crippen LogP contribution is -2.41. The summed E-state index contributed by atoms with van der Waals surface area (Å²) in [5.41, 5.74) is 1.70. The molecule has 0 saturated carbocycles. The van der Waals surface area contributed by atoms with Crippen LogP contribution in [0.2, 0.25) is 0 Å². The van der Waals surface area contributed by atoms with Gasteiger partial charge in [0, 0.05) is 11.0 Å². The summed E-state index contributed by atoms with van der Waals surface area (Å²) in [6.07, 6.45) is 0.380. The average molecular weight is 274 g/mol. The molecule has 1 atom stereocenters.